The Kier molecular flexibility index (Phi) is 8.08. The van der Waals surface area contributed by atoms with Crippen LogP contribution in [0.5, 0.6) is 0 Å². The van der Waals surface area contributed by atoms with Gasteiger partial charge in [0.1, 0.15) is 29.3 Å². The van der Waals surface area contributed by atoms with E-state index in [2.05, 4.69) is 4.98 Å². The molecule has 0 radical (unpaired) electrons. The zero-order valence-corrected chi connectivity index (χ0v) is 24.9. The molecule has 3 fully saturated rings. The third-order valence-corrected chi connectivity index (χ3v) is 9.31. The van der Waals surface area contributed by atoms with Gasteiger partial charge >= 0.3 is 23.9 Å². The Morgan fingerprint density at radius 2 is 1.51 bits per heavy atom. The SMILES string of the molecule is CC(=O)OC1C(OC(=O)c2ccccc2)CC(C)C23OC(C)(C)C(CC(OC(=O)c4cccnc4)C12CO)C3OC(C)=O. The van der Waals surface area contributed by atoms with Crippen LogP contribution in [0.1, 0.15) is 68.2 Å². The van der Waals surface area contributed by atoms with E-state index in [1.807, 2.05) is 20.8 Å². The minimum absolute atomic E-state index is 0.100. The molecule has 1 aromatic carbocycles. The predicted molar refractivity (Wildman–Crippen MR) is 149 cm³/mol. The monoisotopic (exact) mass is 595 g/mol. The fourth-order valence-corrected chi connectivity index (χ4v) is 7.66. The number of benzene rings is 1. The first-order valence-corrected chi connectivity index (χ1v) is 14.4. The minimum atomic E-state index is -1.71. The molecule has 2 bridgehead atoms. The standard InChI is InChI=1S/C32H37NO10/c1-18-14-24(41-28(37)21-10-7-6-8-11-21)27(40-20(3)36)31(17-34)25(42-29(38)22-12-9-13-33-16-22)15-23-26(39-19(2)35)32(18,31)43-30(23,4)5/h6-13,16,18,23-27,34H,14-15,17H2,1-5H3. The van der Waals surface area contributed by atoms with Crippen LogP contribution in [-0.2, 0) is 33.3 Å². The highest BCUT2D eigenvalue weighted by atomic mass is 16.6. The zero-order valence-electron chi connectivity index (χ0n) is 24.9. The Hall–Kier alpha value is -3.83. The van der Waals surface area contributed by atoms with Crippen molar-refractivity contribution in [3.05, 3.63) is 66.0 Å². The number of aliphatic hydroxyl groups is 1. The number of hydrogen-bond acceptors (Lipinski definition) is 11. The number of aromatic nitrogens is 1. The maximum atomic E-state index is 13.5. The van der Waals surface area contributed by atoms with E-state index in [4.69, 9.17) is 23.7 Å². The van der Waals surface area contributed by atoms with Gasteiger partial charge in [0.2, 0.25) is 0 Å². The van der Waals surface area contributed by atoms with E-state index >= 15 is 0 Å². The van der Waals surface area contributed by atoms with Crippen LogP contribution in [0.4, 0.5) is 0 Å². The number of nitrogens with zero attached hydrogens (tertiary/aromatic N) is 1. The van der Waals surface area contributed by atoms with Crippen molar-refractivity contribution in [3.8, 4) is 0 Å². The van der Waals surface area contributed by atoms with Gasteiger partial charge in [-0.3, -0.25) is 14.6 Å². The van der Waals surface area contributed by atoms with Gasteiger partial charge in [0.15, 0.2) is 6.10 Å². The highest BCUT2D eigenvalue weighted by Gasteiger charge is 2.82. The molecule has 2 heterocycles. The number of hydrogen-bond donors (Lipinski definition) is 1. The van der Waals surface area contributed by atoms with E-state index in [0.29, 0.717) is 0 Å². The Balaban J connectivity index is 1.68. The lowest BCUT2D eigenvalue weighted by molar-refractivity contribution is -0.317. The molecule has 8 unspecified atom stereocenters. The number of pyridine rings is 1. The molecule has 1 saturated heterocycles. The molecular weight excluding hydrogens is 558 g/mol. The maximum absolute atomic E-state index is 13.5. The second-order valence-electron chi connectivity index (χ2n) is 12.2. The van der Waals surface area contributed by atoms with Crippen molar-refractivity contribution in [2.45, 2.75) is 83.1 Å². The van der Waals surface area contributed by atoms with Gasteiger partial charge in [0, 0.05) is 32.2 Å². The van der Waals surface area contributed by atoms with E-state index in [9.17, 15) is 24.3 Å². The smallest absolute Gasteiger partial charge is 0.340 e. The Labute approximate surface area is 249 Å². The van der Waals surface area contributed by atoms with E-state index in [1.165, 1.54) is 26.2 Å². The van der Waals surface area contributed by atoms with Crippen LogP contribution >= 0.6 is 0 Å². The lowest BCUT2D eigenvalue weighted by Crippen LogP contribution is -2.78. The fraction of sp³-hybridized carbons (Fsp3) is 0.531. The van der Waals surface area contributed by atoms with Crippen molar-refractivity contribution in [3.63, 3.8) is 0 Å². The van der Waals surface area contributed by atoms with Crippen molar-refractivity contribution in [2.75, 3.05) is 6.61 Å². The van der Waals surface area contributed by atoms with Crippen LogP contribution in [-0.4, -0.2) is 76.2 Å². The lowest BCUT2D eigenvalue weighted by Gasteiger charge is -2.63. The third-order valence-electron chi connectivity index (χ3n) is 9.31. The van der Waals surface area contributed by atoms with Crippen LogP contribution in [0.2, 0.25) is 0 Å². The summed E-state index contributed by atoms with van der Waals surface area (Å²) in [4.78, 5) is 56.0. The number of aliphatic hydroxyl groups excluding tert-OH is 1. The molecule has 2 saturated carbocycles. The molecule has 8 atom stereocenters. The first-order chi connectivity index (χ1) is 20.4. The van der Waals surface area contributed by atoms with Crippen molar-refractivity contribution in [1.82, 2.24) is 4.98 Å². The van der Waals surface area contributed by atoms with Gasteiger partial charge in [-0.05, 0) is 56.9 Å². The Morgan fingerprint density at radius 3 is 2.12 bits per heavy atom. The topological polar surface area (TPSA) is 148 Å². The van der Waals surface area contributed by atoms with Crippen LogP contribution < -0.4 is 0 Å². The molecule has 230 valence electrons. The number of ether oxygens (including phenoxy) is 5. The molecule has 2 aliphatic carbocycles. The largest absolute Gasteiger partial charge is 0.459 e. The average Bonchev–Trinajstić information content (AvgIpc) is 3.13. The Morgan fingerprint density at radius 1 is 0.884 bits per heavy atom. The number of esters is 4. The summed E-state index contributed by atoms with van der Waals surface area (Å²) in [5.74, 6) is -3.60. The van der Waals surface area contributed by atoms with Gasteiger partial charge in [0.25, 0.3) is 0 Å². The van der Waals surface area contributed by atoms with Crippen molar-refractivity contribution in [2.24, 2.45) is 17.3 Å². The van der Waals surface area contributed by atoms with Gasteiger partial charge in [-0.15, -0.1) is 0 Å². The summed E-state index contributed by atoms with van der Waals surface area (Å²) in [6.07, 6.45) is -1.27. The van der Waals surface area contributed by atoms with E-state index in [0.717, 1.165) is 0 Å². The van der Waals surface area contributed by atoms with Crippen LogP contribution in [0, 0.1) is 17.3 Å². The van der Waals surface area contributed by atoms with Crippen LogP contribution in [0.3, 0.4) is 0 Å². The molecule has 1 aromatic heterocycles. The van der Waals surface area contributed by atoms with E-state index in [1.54, 1.807) is 42.5 Å². The number of fused-ring (bicyclic) bond motifs is 1. The third kappa shape index (κ3) is 4.98. The molecule has 11 nitrogen and oxygen atoms in total. The molecule has 1 aliphatic heterocycles. The van der Waals surface area contributed by atoms with E-state index < -0.39 is 83.4 Å². The molecule has 43 heavy (non-hydrogen) atoms. The molecular formula is C32H37NO10. The summed E-state index contributed by atoms with van der Waals surface area (Å²) in [7, 11) is 0. The van der Waals surface area contributed by atoms with Crippen molar-refractivity contribution >= 4 is 23.9 Å². The number of carbonyl (C=O) groups excluding carboxylic acids is 4. The summed E-state index contributed by atoms with van der Waals surface area (Å²) in [6, 6.07) is 11.5. The molecule has 11 heteroatoms. The molecule has 0 amide bonds. The highest BCUT2D eigenvalue weighted by Crippen LogP contribution is 2.68. The van der Waals surface area contributed by atoms with Gasteiger partial charge in [-0.1, -0.05) is 25.1 Å². The molecule has 2 aromatic rings. The van der Waals surface area contributed by atoms with Gasteiger partial charge in [-0.25, -0.2) is 9.59 Å². The van der Waals surface area contributed by atoms with Gasteiger partial charge in [-0.2, -0.15) is 0 Å². The maximum Gasteiger partial charge on any atom is 0.340 e. The lowest BCUT2D eigenvalue weighted by atomic mass is 9.48. The molecule has 3 aliphatic rings. The second-order valence-corrected chi connectivity index (χ2v) is 12.2. The molecule has 5 rings (SSSR count). The fourth-order valence-electron chi connectivity index (χ4n) is 7.66. The molecule has 1 spiro atoms. The average molecular weight is 596 g/mol. The van der Waals surface area contributed by atoms with Crippen LogP contribution in [0.15, 0.2) is 54.9 Å². The highest BCUT2D eigenvalue weighted by molar-refractivity contribution is 5.90. The summed E-state index contributed by atoms with van der Waals surface area (Å²) >= 11 is 0. The van der Waals surface area contributed by atoms with E-state index in [-0.39, 0.29) is 24.0 Å². The predicted octanol–water partition coefficient (Wildman–Crippen LogP) is 3.28. The molecule has 1 N–H and O–H groups in total. The summed E-state index contributed by atoms with van der Waals surface area (Å²) in [6.45, 7) is 7.34. The van der Waals surface area contributed by atoms with Gasteiger partial charge < -0.3 is 28.8 Å². The van der Waals surface area contributed by atoms with Crippen molar-refractivity contribution < 1.29 is 48.0 Å². The minimum Gasteiger partial charge on any atom is -0.459 e. The summed E-state index contributed by atoms with van der Waals surface area (Å²) in [5, 5.41) is 11.5. The number of rotatable bonds is 7. The van der Waals surface area contributed by atoms with Gasteiger partial charge in [0.05, 0.1) is 23.3 Å². The summed E-state index contributed by atoms with van der Waals surface area (Å²) < 4.78 is 31.0. The Bertz CT molecular complexity index is 1380. The normalized spacial score (nSPS) is 33.9. The van der Waals surface area contributed by atoms with Crippen LogP contribution in [0.25, 0.3) is 0 Å². The first-order valence-electron chi connectivity index (χ1n) is 14.4. The quantitative estimate of drug-likeness (QED) is 0.371. The van der Waals surface area contributed by atoms with Crippen molar-refractivity contribution in [1.29, 1.82) is 0 Å². The first kappa shape index (κ1) is 30.6. The summed E-state index contributed by atoms with van der Waals surface area (Å²) in [5.41, 5.74) is -3.64. The second kappa shape index (κ2) is 11.3. The zero-order chi connectivity index (χ0) is 31.2. The number of carbonyl (C=O) groups is 4.